The Morgan fingerprint density at radius 3 is 2.41 bits per heavy atom. The van der Waals surface area contributed by atoms with E-state index in [9.17, 15) is 14.7 Å². The summed E-state index contributed by atoms with van der Waals surface area (Å²) in [5.74, 6) is 0.371. The van der Waals surface area contributed by atoms with E-state index in [0.29, 0.717) is 54.9 Å². The largest absolute Gasteiger partial charge is 0.444 e. The van der Waals surface area contributed by atoms with Gasteiger partial charge >= 0.3 is 6.09 Å². The van der Waals surface area contributed by atoms with Gasteiger partial charge < -0.3 is 24.5 Å². The van der Waals surface area contributed by atoms with Gasteiger partial charge in [0.25, 0.3) is 0 Å². The minimum absolute atomic E-state index is 0.00786. The maximum Gasteiger partial charge on any atom is 0.410 e. The first-order chi connectivity index (χ1) is 18.4. The Morgan fingerprint density at radius 2 is 1.74 bits per heavy atom. The van der Waals surface area contributed by atoms with Crippen LogP contribution in [0, 0.1) is 5.92 Å². The van der Waals surface area contributed by atoms with Crippen LogP contribution in [0.3, 0.4) is 0 Å². The van der Waals surface area contributed by atoms with Gasteiger partial charge in [0.1, 0.15) is 17.7 Å². The van der Waals surface area contributed by atoms with Crippen molar-refractivity contribution < 1.29 is 19.4 Å². The van der Waals surface area contributed by atoms with Crippen molar-refractivity contribution in [3.05, 3.63) is 51.4 Å². The Morgan fingerprint density at radius 1 is 1.03 bits per heavy atom. The summed E-state index contributed by atoms with van der Waals surface area (Å²) in [6.07, 6.45) is 1.17. The van der Waals surface area contributed by atoms with E-state index in [-0.39, 0.29) is 24.3 Å². The van der Waals surface area contributed by atoms with E-state index in [1.165, 1.54) is 6.33 Å². The first-order valence-electron chi connectivity index (χ1n) is 13.4. The first-order valence-corrected chi connectivity index (χ1v) is 14.2. The fourth-order valence-electron chi connectivity index (χ4n) is 5.94. The molecule has 2 unspecified atom stereocenters. The van der Waals surface area contributed by atoms with Crippen LogP contribution in [0.15, 0.2) is 24.5 Å². The highest BCUT2D eigenvalue weighted by Gasteiger charge is 2.44. The van der Waals surface area contributed by atoms with Gasteiger partial charge in [0, 0.05) is 50.7 Å². The second-order valence-corrected chi connectivity index (χ2v) is 12.5. The van der Waals surface area contributed by atoms with E-state index >= 15 is 0 Å². The Kier molecular flexibility index (Phi) is 7.70. The molecule has 2 aliphatic heterocycles. The van der Waals surface area contributed by atoms with Crippen molar-refractivity contribution in [3.8, 4) is 0 Å². The van der Waals surface area contributed by atoms with Crippen LogP contribution in [0.4, 0.5) is 10.6 Å². The van der Waals surface area contributed by atoms with Crippen molar-refractivity contribution in [2.45, 2.75) is 57.7 Å². The summed E-state index contributed by atoms with van der Waals surface area (Å²) < 4.78 is 5.62. The van der Waals surface area contributed by atoms with Crippen molar-refractivity contribution >= 4 is 41.0 Å². The third-order valence-corrected chi connectivity index (χ3v) is 8.57. The maximum atomic E-state index is 13.9. The van der Waals surface area contributed by atoms with Crippen molar-refractivity contribution in [3.63, 3.8) is 0 Å². The number of ether oxygens (including phenoxy) is 1. The van der Waals surface area contributed by atoms with Gasteiger partial charge in [0.05, 0.1) is 27.8 Å². The molecule has 0 radical (unpaired) electrons. The number of fused-ring (bicyclic) bond motifs is 1. The Hall–Kier alpha value is -2.62. The number of aliphatic hydroxyl groups excluding tert-OH is 1. The summed E-state index contributed by atoms with van der Waals surface area (Å²) in [6, 6.07) is 5.39. The number of rotatable bonds is 3. The molecule has 11 heteroatoms. The highest BCUT2D eigenvalue weighted by molar-refractivity contribution is 6.42. The molecule has 5 rings (SSSR count). The van der Waals surface area contributed by atoms with E-state index in [1.54, 1.807) is 17.0 Å². The second kappa shape index (κ2) is 10.7. The maximum absolute atomic E-state index is 13.9. The van der Waals surface area contributed by atoms with E-state index in [2.05, 4.69) is 21.8 Å². The van der Waals surface area contributed by atoms with Crippen LogP contribution >= 0.6 is 23.2 Å². The third-order valence-electron chi connectivity index (χ3n) is 7.83. The number of hydrogen-bond donors (Lipinski definition) is 1. The molecule has 0 saturated carbocycles. The van der Waals surface area contributed by atoms with Gasteiger partial charge in [-0.3, -0.25) is 4.79 Å². The molecule has 0 spiro atoms. The first kappa shape index (κ1) is 27.9. The zero-order valence-corrected chi connectivity index (χ0v) is 24.2. The summed E-state index contributed by atoms with van der Waals surface area (Å²) in [7, 11) is 0. The smallest absolute Gasteiger partial charge is 0.410 e. The Labute approximate surface area is 239 Å². The lowest BCUT2D eigenvalue weighted by atomic mass is 9.88. The van der Waals surface area contributed by atoms with Crippen LogP contribution in [0.2, 0.25) is 10.0 Å². The number of nitrogens with zero attached hydrogens (tertiary/aromatic N) is 5. The summed E-state index contributed by atoms with van der Waals surface area (Å²) >= 11 is 12.5. The number of amides is 2. The SMILES string of the molecule is C[C@@H]1C[C@@H](O)c2ncnc(N3CCN(C(=O)C4CN(C(=O)OC(C)(C)C)CC4c4ccc(Cl)c(Cl)c4)CC3)c21. The normalized spacial score (nSPS) is 25.2. The number of carbonyl (C=O) groups excluding carboxylic acids is 2. The summed E-state index contributed by atoms with van der Waals surface area (Å²) in [4.78, 5) is 41.4. The molecule has 1 aromatic carbocycles. The molecular formula is C28H35Cl2N5O4. The van der Waals surface area contributed by atoms with Gasteiger partial charge in [-0.1, -0.05) is 36.2 Å². The number of likely N-dealkylation sites (tertiary alicyclic amines) is 1. The fraction of sp³-hybridized carbons (Fsp3) is 0.571. The zero-order valence-electron chi connectivity index (χ0n) is 22.7. The number of benzene rings is 1. The average molecular weight is 577 g/mol. The number of carbonyl (C=O) groups is 2. The second-order valence-electron chi connectivity index (χ2n) is 11.7. The van der Waals surface area contributed by atoms with Crippen LogP contribution < -0.4 is 4.90 Å². The van der Waals surface area contributed by atoms with Crippen LogP contribution in [0.5, 0.6) is 0 Å². The van der Waals surface area contributed by atoms with E-state index in [0.717, 1.165) is 16.9 Å². The van der Waals surface area contributed by atoms with Crippen LogP contribution in [-0.2, 0) is 9.53 Å². The van der Waals surface area contributed by atoms with E-state index in [1.807, 2.05) is 31.7 Å². The Balaban J connectivity index is 1.33. The Bertz CT molecular complexity index is 1260. The molecule has 3 aliphatic rings. The standard InChI is InChI=1S/C28H35Cl2N5O4/c1-16-11-22(36)24-23(16)25(32-15-31-24)33-7-9-34(10-8-33)26(37)19-14-35(27(38)39-28(2,3)4)13-18(19)17-5-6-20(29)21(30)12-17/h5-6,12,15-16,18-19,22,36H,7-11,13-14H2,1-4H3/t16-,18?,19?,22-/m1/s1. The van der Waals surface area contributed by atoms with Gasteiger partial charge in [-0.25, -0.2) is 14.8 Å². The van der Waals surface area contributed by atoms with E-state index < -0.39 is 23.7 Å². The molecule has 1 aliphatic carbocycles. The molecule has 0 bridgehead atoms. The monoisotopic (exact) mass is 575 g/mol. The number of aliphatic hydroxyl groups is 1. The van der Waals surface area contributed by atoms with Gasteiger partial charge in [0.15, 0.2) is 0 Å². The molecule has 9 nitrogen and oxygen atoms in total. The minimum Gasteiger partial charge on any atom is -0.444 e. The highest BCUT2D eigenvalue weighted by Crippen LogP contribution is 2.43. The molecule has 1 aromatic heterocycles. The molecule has 2 saturated heterocycles. The molecule has 1 N–H and O–H groups in total. The number of aromatic nitrogens is 2. The molecule has 2 fully saturated rings. The molecule has 3 heterocycles. The molecule has 2 aromatic rings. The predicted octanol–water partition coefficient (Wildman–Crippen LogP) is 4.62. The van der Waals surface area contributed by atoms with Gasteiger partial charge in [0.2, 0.25) is 5.91 Å². The molecular weight excluding hydrogens is 541 g/mol. The average Bonchev–Trinajstić information content (AvgIpc) is 3.46. The van der Waals surface area contributed by atoms with Crippen molar-refractivity contribution in [2.75, 3.05) is 44.2 Å². The molecule has 4 atom stereocenters. The zero-order chi connectivity index (χ0) is 28.1. The van der Waals surface area contributed by atoms with Crippen LogP contribution in [-0.4, -0.2) is 81.7 Å². The molecule has 2 amide bonds. The van der Waals surface area contributed by atoms with Crippen LogP contribution in [0.1, 0.15) is 68.9 Å². The lowest BCUT2D eigenvalue weighted by Gasteiger charge is -2.38. The van der Waals surface area contributed by atoms with Crippen LogP contribution in [0.25, 0.3) is 0 Å². The van der Waals surface area contributed by atoms with Gasteiger partial charge in [-0.2, -0.15) is 0 Å². The van der Waals surface area contributed by atoms with Gasteiger partial charge in [-0.05, 0) is 50.8 Å². The molecule has 39 heavy (non-hydrogen) atoms. The van der Waals surface area contributed by atoms with Gasteiger partial charge in [-0.15, -0.1) is 0 Å². The number of anilines is 1. The van der Waals surface area contributed by atoms with Crippen molar-refractivity contribution in [1.82, 2.24) is 19.8 Å². The predicted molar refractivity (Wildman–Crippen MR) is 149 cm³/mol. The quantitative estimate of drug-likeness (QED) is 0.569. The third kappa shape index (κ3) is 5.67. The summed E-state index contributed by atoms with van der Waals surface area (Å²) in [5.41, 5.74) is 1.96. The topological polar surface area (TPSA) is 99.1 Å². The lowest BCUT2D eigenvalue weighted by molar-refractivity contribution is -0.135. The summed E-state index contributed by atoms with van der Waals surface area (Å²) in [5, 5.41) is 11.2. The number of piperazine rings is 1. The number of hydrogen-bond acceptors (Lipinski definition) is 7. The molecule has 210 valence electrons. The van der Waals surface area contributed by atoms with E-state index in [4.69, 9.17) is 27.9 Å². The lowest BCUT2D eigenvalue weighted by Crippen LogP contribution is -2.51. The van der Waals surface area contributed by atoms with Crippen molar-refractivity contribution in [1.29, 1.82) is 0 Å². The minimum atomic E-state index is -0.636. The number of halogens is 2. The summed E-state index contributed by atoms with van der Waals surface area (Å²) in [6.45, 7) is 10.5. The highest BCUT2D eigenvalue weighted by atomic mass is 35.5. The fourth-order valence-corrected chi connectivity index (χ4v) is 6.24. The van der Waals surface area contributed by atoms with Crippen molar-refractivity contribution in [2.24, 2.45) is 5.92 Å².